The maximum Gasteiger partial charge on any atom is 0.389 e. The number of rotatable bonds is 6. The van der Waals surface area contributed by atoms with Crippen molar-refractivity contribution in [3.63, 3.8) is 0 Å². The summed E-state index contributed by atoms with van der Waals surface area (Å²) in [6, 6.07) is 1.30. The number of hydrogen-bond donors (Lipinski definition) is 1. The summed E-state index contributed by atoms with van der Waals surface area (Å²) in [7, 11) is 1.95. The quantitative estimate of drug-likeness (QED) is 0.621. The zero-order chi connectivity index (χ0) is 15.2. The van der Waals surface area contributed by atoms with Crippen LogP contribution < -0.4 is 5.32 Å². The molecule has 0 spiro atoms. The van der Waals surface area contributed by atoms with Crippen LogP contribution in [0.5, 0.6) is 0 Å². The lowest BCUT2D eigenvalue weighted by atomic mass is 9.93. The van der Waals surface area contributed by atoms with E-state index in [2.05, 4.69) is 10.4 Å². The predicted octanol–water partition coefficient (Wildman–Crippen LogP) is 1.06. The van der Waals surface area contributed by atoms with Gasteiger partial charge in [-0.3, -0.25) is 4.79 Å². The van der Waals surface area contributed by atoms with Crippen LogP contribution in [0.25, 0.3) is 0 Å². The van der Waals surface area contributed by atoms with Crippen LogP contribution >= 0.6 is 12.4 Å². The molecule has 1 amide bonds. The van der Waals surface area contributed by atoms with E-state index in [1.165, 1.54) is 16.9 Å². The Morgan fingerprint density at radius 1 is 1.50 bits per heavy atom. The standard InChI is InChI=1S/C13H21N5O3.ClH/c1-14-6-2-11-3-7-16(8-4-11)13(19)10-17-9-5-12(15-17)18(20)21;/h5,9,11,14H,2-4,6-8,10H2,1H3;1H. The predicted molar refractivity (Wildman–Crippen MR) is 84.0 cm³/mol. The van der Waals surface area contributed by atoms with Crippen LogP contribution in [-0.4, -0.2) is 52.2 Å². The molecule has 0 bridgehead atoms. The van der Waals surface area contributed by atoms with Gasteiger partial charge in [0.05, 0.1) is 17.4 Å². The van der Waals surface area contributed by atoms with Gasteiger partial charge in [0.1, 0.15) is 6.54 Å². The first kappa shape index (κ1) is 18.4. The topological polar surface area (TPSA) is 93.3 Å². The Bertz CT molecular complexity index is 500. The van der Waals surface area contributed by atoms with Gasteiger partial charge in [0.25, 0.3) is 0 Å². The van der Waals surface area contributed by atoms with Crippen molar-refractivity contribution in [2.45, 2.75) is 25.8 Å². The van der Waals surface area contributed by atoms with Crippen molar-refractivity contribution in [3.05, 3.63) is 22.4 Å². The molecule has 0 unspecified atom stereocenters. The second-order valence-electron chi connectivity index (χ2n) is 5.35. The summed E-state index contributed by atoms with van der Waals surface area (Å²) >= 11 is 0. The van der Waals surface area contributed by atoms with Gasteiger partial charge in [0, 0.05) is 13.1 Å². The van der Waals surface area contributed by atoms with E-state index >= 15 is 0 Å². The minimum absolute atomic E-state index is 0. The van der Waals surface area contributed by atoms with Crippen LogP contribution in [0.4, 0.5) is 5.82 Å². The molecule has 9 heteroatoms. The number of nitrogens with zero attached hydrogens (tertiary/aromatic N) is 4. The van der Waals surface area contributed by atoms with Crippen LogP contribution in [-0.2, 0) is 11.3 Å². The first-order valence-corrected chi connectivity index (χ1v) is 7.20. The number of piperidine rings is 1. The molecule has 8 nitrogen and oxygen atoms in total. The lowest BCUT2D eigenvalue weighted by Gasteiger charge is -2.31. The van der Waals surface area contributed by atoms with Gasteiger partial charge < -0.3 is 20.3 Å². The smallest absolute Gasteiger partial charge is 0.358 e. The minimum atomic E-state index is -0.561. The van der Waals surface area contributed by atoms with E-state index < -0.39 is 4.92 Å². The van der Waals surface area contributed by atoms with Gasteiger partial charge in [-0.05, 0) is 43.7 Å². The molecule has 1 aliphatic heterocycles. The molecular formula is C13H22ClN5O3. The molecule has 2 rings (SSSR count). The average Bonchev–Trinajstić information content (AvgIpc) is 2.94. The van der Waals surface area contributed by atoms with Crippen LogP contribution in [0.3, 0.4) is 0 Å². The van der Waals surface area contributed by atoms with Gasteiger partial charge in [-0.1, -0.05) is 0 Å². The highest BCUT2D eigenvalue weighted by Gasteiger charge is 2.23. The Morgan fingerprint density at radius 2 is 2.18 bits per heavy atom. The van der Waals surface area contributed by atoms with E-state index in [4.69, 9.17) is 0 Å². The fourth-order valence-corrected chi connectivity index (χ4v) is 2.59. The Kier molecular flexibility index (Phi) is 7.26. The third-order valence-corrected chi connectivity index (χ3v) is 3.88. The van der Waals surface area contributed by atoms with E-state index in [9.17, 15) is 14.9 Å². The Balaban J connectivity index is 0.00000242. The highest BCUT2D eigenvalue weighted by atomic mass is 35.5. The van der Waals surface area contributed by atoms with Crippen LogP contribution in [0, 0.1) is 16.0 Å². The minimum Gasteiger partial charge on any atom is -0.358 e. The molecule has 1 aliphatic rings. The second-order valence-corrected chi connectivity index (χ2v) is 5.35. The number of carbonyl (C=O) groups excluding carboxylic acids is 1. The average molecular weight is 332 g/mol. The number of likely N-dealkylation sites (tertiary alicyclic amines) is 1. The molecule has 0 radical (unpaired) electrons. The summed E-state index contributed by atoms with van der Waals surface area (Å²) in [5.74, 6) is 0.418. The van der Waals surface area contributed by atoms with E-state index in [1.54, 1.807) is 0 Å². The molecule has 1 saturated heterocycles. The molecule has 124 valence electrons. The lowest BCUT2D eigenvalue weighted by Crippen LogP contribution is -2.40. The van der Waals surface area contributed by atoms with E-state index in [0.717, 1.165) is 38.9 Å². The van der Waals surface area contributed by atoms with Crippen molar-refractivity contribution in [1.82, 2.24) is 20.0 Å². The van der Waals surface area contributed by atoms with Crippen molar-refractivity contribution >= 4 is 24.1 Å². The number of nitrogens with one attached hydrogen (secondary N) is 1. The third kappa shape index (κ3) is 4.96. The van der Waals surface area contributed by atoms with Crippen LogP contribution in [0.1, 0.15) is 19.3 Å². The summed E-state index contributed by atoms with van der Waals surface area (Å²) in [4.78, 5) is 24.0. The summed E-state index contributed by atoms with van der Waals surface area (Å²) in [6.07, 6.45) is 4.65. The molecule has 0 aromatic carbocycles. The zero-order valence-corrected chi connectivity index (χ0v) is 13.4. The molecule has 0 aliphatic carbocycles. The second kappa shape index (κ2) is 8.70. The van der Waals surface area contributed by atoms with Crippen molar-refractivity contribution < 1.29 is 9.72 Å². The zero-order valence-electron chi connectivity index (χ0n) is 12.6. The van der Waals surface area contributed by atoms with Crippen LogP contribution in [0.2, 0.25) is 0 Å². The highest BCUT2D eigenvalue weighted by molar-refractivity contribution is 5.85. The molecule has 1 aromatic rings. The monoisotopic (exact) mass is 331 g/mol. The van der Waals surface area contributed by atoms with Crippen molar-refractivity contribution in [1.29, 1.82) is 0 Å². The summed E-state index contributed by atoms with van der Waals surface area (Å²) in [5, 5.41) is 17.5. The van der Waals surface area contributed by atoms with Gasteiger partial charge in [0.15, 0.2) is 0 Å². The van der Waals surface area contributed by atoms with E-state index in [-0.39, 0.29) is 30.7 Å². The number of nitro groups is 1. The van der Waals surface area contributed by atoms with Gasteiger partial charge in [-0.15, -0.1) is 12.4 Å². The molecule has 0 saturated carbocycles. The first-order chi connectivity index (χ1) is 10.1. The lowest BCUT2D eigenvalue weighted by molar-refractivity contribution is -0.389. The highest BCUT2D eigenvalue weighted by Crippen LogP contribution is 2.20. The molecule has 1 fully saturated rings. The number of aromatic nitrogens is 2. The maximum absolute atomic E-state index is 12.2. The molecule has 22 heavy (non-hydrogen) atoms. The third-order valence-electron chi connectivity index (χ3n) is 3.88. The Hall–Kier alpha value is -1.67. The number of hydrogen-bond acceptors (Lipinski definition) is 5. The summed E-state index contributed by atoms with van der Waals surface area (Å²) in [5.41, 5.74) is 0. The fourth-order valence-electron chi connectivity index (χ4n) is 2.59. The normalized spacial score (nSPS) is 15.4. The number of carbonyl (C=O) groups is 1. The molecule has 0 atom stereocenters. The Morgan fingerprint density at radius 3 is 2.73 bits per heavy atom. The first-order valence-electron chi connectivity index (χ1n) is 7.20. The maximum atomic E-state index is 12.2. The molecule has 1 aromatic heterocycles. The van der Waals surface area contributed by atoms with Crippen LogP contribution in [0.15, 0.2) is 12.3 Å². The SMILES string of the molecule is CNCCC1CCN(C(=O)Cn2ccc([N+](=O)[O-])n2)CC1.Cl. The Labute approximate surface area is 135 Å². The van der Waals surface area contributed by atoms with Crippen molar-refractivity contribution in [2.75, 3.05) is 26.7 Å². The summed E-state index contributed by atoms with van der Waals surface area (Å²) < 4.78 is 1.33. The van der Waals surface area contributed by atoms with Gasteiger partial charge in [-0.2, -0.15) is 4.68 Å². The van der Waals surface area contributed by atoms with Gasteiger partial charge >= 0.3 is 5.82 Å². The summed E-state index contributed by atoms with van der Waals surface area (Å²) in [6.45, 7) is 2.59. The van der Waals surface area contributed by atoms with Gasteiger partial charge in [-0.25, -0.2) is 0 Å². The van der Waals surface area contributed by atoms with E-state index in [0.29, 0.717) is 5.92 Å². The fraction of sp³-hybridized carbons (Fsp3) is 0.692. The van der Waals surface area contributed by atoms with Gasteiger partial charge in [0.2, 0.25) is 5.91 Å². The molecule has 1 N–H and O–H groups in total. The van der Waals surface area contributed by atoms with Crippen molar-refractivity contribution in [3.8, 4) is 0 Å². The molecular weight excluding hydrogens is 310 g/mol. The number of halogens is 1. The van der Waals surface area contributed by atoms with E-state index in [1.807, 2.05) is 11.9 Å². The molecule has 2 heterocycles. The number of amides is 1. The largest absolute Gasteiger partial charge is 0.389 e. The van der Waals surface area contributed by atoms with Crippen molar-refractivity contribution in [2.24, 2.45) is 5.92 Å².